The first-order valence-corrected chi connectivity index (χ1v) is 9.19. The zero-order chi connectivity index (χ0) is 15.1. The molecule has 0 spiro atoms. The average molecular weight is 352 g/mol. The molecule has 0 bridgehead atoms. The highest BCUT2D eigenvalue weighted by molar-refractivity contribution is 9.09. The molecule has 0 heterocycles. The Kier molecular flexibility index (Phi) is 6.75. The monoisotopic (exact) mass is 351 g/mol. The van der Waals surface area contributed by atoms with Gasteiger partial charge in [0.1, 0.15) is 0 Å². The Morgan fingerprint density at radius 1 is 1.29 bits per heavy atom. The number of carbonyl (C=O) groups is 1. The molecular weight excluding hydrogens is 326 g/mol. The van der Waals surface area contributed by atoms with Gasteiger partial charge in [-0.3, -0.25) is 4.79 Å². The van der Waals surface area contributed by atoms with Gasteiger partial charge in [-0.15, -0.1) is 0 Å². The van der Waals surface area contributed by atoms with E-state index in [0.717, 1.165) is 24.2 Å². The van der Waals surface area contributed by atoms with E-state index in [9.17, 15) is 4.79 Å². The summed E-state index contributed by atoms with van der Waals surface area (Å²) >= 11 is 3.61. The van der Waals surface area contributed by atoms with E-state index in [0.29, 0.717) is 12.3 Å². The molecule has 0 saturated heterocycles. The molecule has 1 fully saturated rings. The van der Waals surface area contributed by atoms with Crippen LogP contribution in [0.15, 0.2) is 24.3 Å². The van der Waals surface area contributed by atoms with Gasteiger partial charge in [0.25, 0.3) is 0 Å². The molecule has 1 aromatic rings. The van der Waals surface area contributed by atoms with Crippen molar-refractivity contribution in [3.8, 4) is 0 Å². The van der Waals surface area contributed by atoms with Crippen molar-refractivity contribution in [3.05, 3.63) is 35.4 Å². The topological polar surface area (TPSA) is 29.1 Å². The third kappa shape index (κ3) is 5.46. The molecule has 1 N–H and O–H groups in total. The van der Waals surface area contributed by atoms with Gasteiger partial charge in [0.15, 0.2) is 0 Å². The number of carbonyl (C=O) groups excluding carboxylic acids is 1. The number of rotatable bonds is 6. The molecule has 0 radical (unpaired) electrons. The molecule has 2 atom stereocenters. The number of amides is 1. The molecule has 116 valence electrons. The lowest BCUT2D eigenvalue weighted by atomic mass is 9.80. The minimum absolute atomic E-state index is 0.190. The second-order valence-corrected chi connectivity index (χ2v) is 6.90. The van der Waals surface area contributed by atoms with Crippen molar-refractivity contribution in [1.82, 2.24) is 5.32 Å². The second-order valence-electron chi connectivity index (χ2n) is 6.25. The van der Waals surface area contributed by atoms with Crippen molar-refractivity contribution in [3.63, 3.8) is 0 Å². The third-order valence-electron chi connectivity index (χ3n) is 4.55. The molecule has 1 amide bonds. The summed E-state index contributed by atoms with van der Waals surface area (Å²) in [7, 11) is 0. The normalized spacial score (nSPS) is 22.0. The Bertz CT molecular complexity index is 460. The van der Waals surface area contributed by atoms with E-state index < -0.39 is 0 Å². The van der Waals surface area contributed by atoms with Crippen LogP contribution in [-0.4, -0.2) is 17.8 Å². The number of hydrogen-bond donors (Lipinski definition) is 1. The predicted octanol–water partition coefficient (Wildman–Crippen LogP) is 4.25. The van der Waals surface area contributed by atoms with E-state index in [4.69, 9.17) is 0 Å². The summed E-state index contributed by atoms with van der Waals surface area (Å²) in [5.41, 5.74) is 2.51. The Hall–Kier alpha value is -0.830. The SMILES string of the molecule is Cc1cccc(CCC(=O)NCC2CCCCC2CBr)c1. The Morgan fingerprint density at radius 2 is 2.05 bits per heavy atom. The summed E-state index contributed by atoms with van der Waals surface area (Å²) in [6, 6.07) is 8.41. The number of benzene rings is 1. The number of hydrogen-bond acceptors (Lipinski definition) is 1. The molecule has 3 heteroatoms. The van der Waals surface area contributed by atoms with Crippen molar-refractivity contribution in [1.29, 1.82) is 0 Å². The van der Waals surface area contributed by atoms with Gasteiger partial charge in [-0.2, -0.15) is 0 Å². The maximum atomic E-state index is 12.0. The summed E-state index contributed by atoms with van der Waals surface area (Å²) < 4.78 is 0. The van der Waals surface area contributed by atoms with Crippen molar-refractivity contribution >= 4 is 21.8 Å². The van der Waals surface area contributed by atoms with Crippen LogP contribution in [0.4, 0.5) is 0 Å². The van der Waals surface area contributed by atoms with Gasteiger partial charge in [0, 0.05) is 18.3 Å². The summed E-state index contributed by atoms with van der Waals surface area (Å²) in [6.07, 6.45) is 6.64. The highest BCUT2D eigenvalue weighted by atomic mass is 79.9. The van der Waals surface area contributed by atoms with Gasteiger partial charge in [-0.25, -0.2) is 0 Å². The van der Waals surface area contributed by atoms with E-state index in [-0.39, 0.29) is 5.91 Å². The maximum Gasteiger partial charge on any atom is 0.220 e. The molecular formula is C18H26BrNO. The Morgan fingerprint density at radius 3 is 2.76 bits per heavy atom. The molecule has 2 nitrogen and oxygen atoms in total. The van der Waals surface area contributed by atoms with Crippen LogP contribution in [0.25, 0.3) is 0 Å². The fourth-order valence-electron chi connectivity index (χ4n) is 3.22. The van der Waals surface area contributed by atoms with Gasteiger partial charge < -0.3 is 5.32 Å². The summed E-state index contributed by atoms with van der Waals surface area (Å²) in [6.45, 7) is 2.94. The smallest absolute Gasteiger partial charge is 0.220 e. The van der Waals surface area contributed by atoms with Gasteiger partial charge in [0.2, 0.25) is 5.91 Å². The lowest BCUT2D eigenvalue weighted by molar-refractivity contribution is -0.121. The number of alkyl halides is 1. The van der Waals surface area contributed by atoms with E-state index in [2.05, 4.69) is 52.4 Å². The molecule has 1 aliphatic carbocycles. The van der Waals surface area contributed by atoms with Crippen molar-refractivity contribution in [2.75, 3.05) is 11.9 Å². The fourth-order valence-corrected chi connectivity index (χ4v) is 4.07. The van der Waals surface area contributed by atoms with Crippen molar-refractivity contribution < 1.29 is 4.79 Å². The summed E-state index contributed by atoms with van der Waals surface area (Å²) in [4.78, 5) is 12.0. The molecule has 2 unspecified atom stereocenters. The average Bonchev–Trinajstić information content (AvgIpc) is 2.51. The quantitative estimate of drug-likeness (QED) is 0.762. The lowest BCUT2D eigenvalue weighted by Crippen LogP contribution is -2.34. The highest BCUT2D eigenvalue weighted by Gasteiger charge is 2.24. The van der Waals surface area contributed by atoms with Crippen LogP contribution in [-0.2, 0) is 11.2 Å². The van der Waals surface area contributed by atoms with Gasteiger partial charge in [0.05, 0.1) is 0 Å². The lowest BCUT2D eigenvalue weighted by Gasteiger charge is -2.30. The number of aryl methyl sites for hydroxylation is 2. The van der Waals surface area contributed by atoms with Gasteiger partial charge in [-0.05, 0) is 43.6 Å². The zero-order valence-electron chi connectivity index (χ0n) is 12.9. The first-order chi connectivity index (χ1) is 10.2. The number of nitrogens with one attached hydrogen (secondary N) is 1. The largest absolute Gasteiger partial charge is 0.356 e. The van der Waals surface area contributed by atoms with Crippen LogP contribution in [0.3, 0.4) is 0 Å². The van der Waals surface area contributed by atoms with Crippen LogP contribution in [0.5, 0.6) is 0 Å². The van der Waals surface area contributed by atoms with E-state index in [1.807, 2.05) is 0 Å². The van der Waals surface area contributed by atoms with Crippen LogP contribution >= 0.6 is 15.9 Å². The first kappa shape index (κ1) is 16.5. The first-order valence-electron chi connectivity index (χ1n) is 8.07. The molecule has 0 aromatic heterocycles. The molecule has 2 rings (SSSR count). The standard InChI is InChI=1S/C18H26BrNO/c1-14-5-4-6-15(11-14)9-10-18(21)20-13-17-8-3-2-7-16(17)12-19/h4-6,11,16-17H,2-3,7-10,12-13H2,1H3,(H,20,21). The molecule has 1 saturated carbocycles. The minimum Gasteiger partial charge on any atom is -0.356 e. The Balaban J connectivity index is 1.72. The van der Waals surface area contributed by atoms with E-state index in [1.54, 1.807) is 0 Å². The van der Waals surface area contributed by atoms with Crippen LogP contribution in [0.2, 0.25) is 0 Å². The van der Waals surface area contributed by atoms with Crippen LogP contribution < -0.4 is 5.32 Å². The molecule has 21 heavy (non-hydrogen) atoms. The second kappa shape index (κ2) is 8.57. The molecule has 1 aliphatic rings. The maximum absolute atomic E-state index is 12.0. The zero-order valence-corrected chi connectivity index (χ0v) is 14.5. The van der Waals surface area contributed by atoms with Crippen molar-refractivity contribution in [2.24, 2.45) is 11.8 Å². The highest BCUT2D eigenvalue weighted by Crippen LogP contribution is 2.30. The Labute approximate surface area is 136 Å². The summed E-state index contributed by atoms with van der Waals surface area (Å²) in [5, 5.41) is 4.21. The minimum atomic E-state index is 0.190. The van der Waals surface area contributed by atoms with E-state index >= 15 is 0 Å². The van der Waals surface area contributed by atoms with Crippen LogP contribution in [0, 0.1) is 18.8 Å². The molecule has 1 aromatic carbocycles. The predicted molar refractivity (Wildman–Crippen MR) is 91.8 cm³/mol. The third-order valence-corrected chi connectivity index (χ3v) is 5.38. The van der Waals surface area contributed by atoms with Gasteiger partial charge >= 0.3 is 0 Å². The van der Waals surface area contributed by atoms with Crippen molar-refractivity contribution in [2.45, 2.75) is 45.4 Å². The number of halogens is 1. The van der Waals surface area contributed by atoms with E-state index in [1.165, 1.54) is 36.8 Å². The molecule has 0 aliphatic heterocycles. The van der Waals surface area contributed by atoms with Crippen LogP contribution in [0.1, 0.15) is 43.2 Å². The van der Waals surface area contributed by atoms with Gasteiger partial charge in [-0.1, -0.05) is 58.6 Å². The fraction of sp³-hybridized carbons (Fsp3) is 0.611. The summed E-state index contributed by atoms with van der Waals surface area (Å²) in [5.74, 6) is 1.58.